The Bertz CT molecular complexity index is 312. The van der Waals surface area contributed by atoms with Gasteiger partial charge in [-0.1, -0.05) is 13.3 Å². The molecular formula is C13H24N2O3S. The van der Waals surface area contributed by atoms with Crippen molar-refractivity contribution in [3.63, 3.8) is 0 Å². The van der Waals surface area contributed by atoms with E-state index in [2.05, 4.69) is 12.2 Å². The predicted octanol–water partition coefficient (Wildman–Crippen LogP) is 2.02. The van der Waals surface area contributed by atoms with Gasteiger partial charge in [0.15, 0.2) is 0 Å². The van der Waals surface area contributed by atoms with Gasteiger partial charge >= 0.3 is 12.0 Å². The normalized spacial score (nSPS) is 20.3. The van der Waals surface area contributed by atoms with Crippen molar-refractivity contribution in [2.45, 2.75) is 38.6 Å². The molecular weight excluding hydrogens is 264 g/mol. The molecule has 0 bridgehead atoms. The number of urea groups is 1. The van der Waals surface area contributed by atoms with Crippen LogP contribution in [0.25, 0.3) is 0 Å². The smallest absolute Gasteiger partial charge is 0.326 e. The third kappa shape index (κ3) is 5.30. The maximum atomic E-state index is 12.0. The van der Waals surface area contributed by atoms with Gasteiger partial charge in [-0.25, -0.2) is 9.59 Å². The average Bonchev–Trinajstić information content (AvgIpc) is 2.83. The van der Waals surface area contributed by atoms with Crippen molar-refractivity contribution in [3.8, 4) is 0 Å². The van der Waals surface area contributed by atoms with E-state index < -0.39 is 12.0 Å². The van der Waals surface area contributed by atoms with Crippen LogP contribution >= 0.6 is 11.8 Å². The van der Waals surface area contributed by atoms with Crippen LogP contribution in [0.1, 0.15) is 32.6 Å². The van der Waals surface area contributed by atoms with E-state index in [9.17, 15) is 9.59 Å². The SMILES string of the molecule is CCCC1CCN(C(=O)N[C@@H](CCSC)C(=O)O)C1. The van der Waals surface area contributed by atoms with Gasteiger partial charge in [-0.15, -0.1) is 0 Å². The molecule has 0 aromatic rings. The van der Waals surface area contributed by atoms with Gasteiger partial charge in [0.1, 0.15) is 6.04 Å². The lowest BCUT2D eigenvalue weighted by atomic mass is 10.0. The standard InChI is InChI=1S/C13H24N2O3S/c1-3-4-10-5-7-15(9-10)13(18)14-11(12(16)17)6-8-19-2/h10-11H,3-9H2,1-2H3,(H,14,18)(H,16,17)/t10?,11-/m0/s1. The summed E-state index contributed by atoms with van der Waals surface area (Å²) in [6.45, 7) is 3.64. The Kier molecular flexibility index (Phi) is 7.05. The summed E-state index contributed by atoms with van der Waals surface area (Å²) in [4.78, 5) is 24.8. The van der Waals surface area contributed by atoms with Gasteiger partial charge in [0, 0.05) is 13.1 Å². The number of carboxylic acid groups (broad SMARTS) is 1. The van der Waals surface area contributed by atoms with Crippen LogP contribution in [-0.2, 0) is 4.79 Å². The van der Waals surface area contributed by atoms with E-state index in [0.717, 1.165) is 38.1 Å². The van der Waals surface area contributed by atoms with Crippen LogP contribution < -0.4 is 5.32 Å². The first-order chi connectivity index (χ1) is 9.08. The molecule has 0 radical (unpaired) electrons. The molecule has 1 aliphatic rings. The largest absolute Gasteiger partial charge is 0.480 e. The molecule has 1 unspecified atom stereocenters. The highest BCUT2D eigenvalue weighted by molar-refractivity contribution is 7.98. The number of likely N-dealkylation sites (tertiary alicyclic amines) is 1. The summed E-state index contributed by atoms with van der Waals surface area (Å²) in [5, 5.41) is 11.7. The number of nitrogens with one attached hydrogen (secondary N) is 1. The third-order valence-corrected chi connectivity index (χ3v) is 4.12. The Balaban J connectivity index is 2.42. The number of thioether (sulfide) groups is 1. The summed E-state index contributed by atoms with van der Waals surface area (Å²) in [7, 11) is 0. The van der Waals surface area contributed by atoms with Crippen LogP contribution in [0, 0.1) is 5.92 Å². The van der Waals surface area contributed by atoms with Gasteiger partial charge in [0.05, 0.1) is 0 Å². The van der Waals surface area contributed by atoms with Crippen LogP contribution in [0.5, 0.6) is 0 Å². The number of carbonyl (C=O) groups excluding carboxylic acids is 1. The van der Waals surface area contributed by atoms with E-state index in [4.69, 9.17) is 5.11 Å². The van der Waals surface area contributed by atoms with E-state index in [1.54, 1.807) is 16.7 Å². The number of aliphatic carboxylic acids is 1. The number of hydrogen-bond acceptors (Lipinski definition) is 3. The predicted molar refractivity (Wildman–Crippen MR) is 77.5 cm³/mol. The fourth-order valence-electron chi connectivity index (χ4n) is 2.39. The van der Waals surface area contributed by atoms with Crippen molar-refractivity contribution in [3.05, 3.63) is 0 Å². The number of carbonyl (C=O) groups is 2. The molecule has 1 fully saturated rings. The van der Waals surface area contributed by atoms with Crippen LogP contribution in [0.4, 0.5) is 4.79 Å². The highest BCUT2D eigenvalue weighted by Crippen LogP contribution is 2.20. The van der Waals surface area contributed by atoms with Crippen molar-refractivity contribution >= 4 is 23.8 Å². The quantitative estimate of drug-likeness (QED) is 0.752. The van der Waals surface area contributed by atoms with Crippen molar-refractivity contribution in [1.29, 1.82) is 0 Å². The average molecular weight is 288 g/mol. The van der Waals surface area contributed by atoms with Crippen LogP contribution in [-0.4, -0.2) is 53.1 Å². The lowest BCUT2D eigenvalue weighted by Crippen LogP contribution is -2.47. The number of carboxylic acids is 1. The summed E-state index contributed by atoms with van der Waals surface area (Å²) in [5.74, 6) is 0.354. The molecule has 1 aliphatic heterocycles. The number of amides is 2. The zero-order valence-electron chi connectivity index (χ0n) is 11.7. The van der Waals surface area contributed by atoms with E-state index in [-0.39, 0.29) is 6.03 Å². The molecule has 0 saturated carbocycles. The zero-order chi connectivity index (χ0) is 14.3. The molecule has 0 aliphatic carbocycles. The summed E-state index contributed by atoms with van der Waals surface area (Å²) in [6, 6.07) is -1.00. The molecule has 0 spiro atoms. The molecule has 6 heteroatoms. The molecule has 2 amide bonds. The minimum atomic E-state index is -0.952. The van der Waals surface area contributed by atoms with Gasteiger partial charge in [-0.05, 0) is 37.2 Å². The molecule has 1 heterocycles. The first-order valence-electron chi connectivity index (χ1n) is 6.85. The fourth-order valence-corrected chi connectivity index (χ4v) is 2.87. The second kappa shape index (κ2) is 8.30. The summed E-state index contributed by atoms with van der Waals surface area (Å²) < 4.78 is 0. The summed E-state index contributed by atoms with van der Waals surface area (Å²) in [6.07, 6.45) is 5.69. The Labute approximate surface area is 119 Å². The van der Waals surface area contributed by atoms with Crippen molar-refractivity contribution in [2.24, 2.45) is 5.92 Å². The van der Waals surface area contributed by atoms with Gasteiger partial charge in [-0.3, -0.25) is 0 Å². The molecule has 2 N–H and O–H groups in total. The monoisotopic (exact) mass is 288 g/mol. The number of nitrogens with zero attached hydrogens (tertiary/aromatic N) is 1. The highest BCUT2D eigenvalue weighted by Gasteiger charge is 2.28. The first-order valence-corrected chi connectivity index (χ1v) is 8.25. The first kappa shape index (κ1) is 16.1. The van der Waals surface area contributed by atoms with Gasteiger partial charge in [0.25, 0.3) is 0 Å². The Morgan fingerprint density at radius 2 is 2.26 bits per heavy atom. The minimum Gasteiger partial charge on any atom is -0.480 e. The van der Waals surface area contributed by atoms with E-state index in [1.807, 2.05) is 6.26 Å². The third-order valence-electron chi connectivity index (χ3n) is 3.48. The maximum absolute atomic E-state index is 12.0. The molecule has 5 nitrogen and oxygen atoms in total. The summed E-state index contributed by atoms with van der Waals surface area (Å²) >= 11 is 1.59. The van der Waals surface area contributed by atoms with Gasteiger partial charge in [0.2, 0.25) is 0 Å². The Morgan fingerprint density at radius 1 is 1.53 bits per heavy atom. The zero-order valence-corrected chi connectivity index (χ0v) is 12.5. The van der Waals surface area contributed by atoms with Crippen molar-refractivity contribution < 1.29 is 14.7 Å². The second-order valence-corrected chi connectivity index (χ2v) is 6.00. The summed E-state index contributed by atoms with van der Waals surface area (Å²) in [5.41, 5.74) is 0. The van der Waals surface area contributed by atoms with Crippen LogP contribution in [0.15, 0.2) is 0 Å². The van der Waals surface area contributed by atoms with E-state index >= 15 is 0 Å². The Hall–Kier alpha value is -0.910. The minimum absolute atomic E-state index is 0.230. The second-order valence-electron chi connectivity index (χ2n) is 5.01. The topological polar surface area (TPSA) is 69.6 Å². The van der Waals surface area contributed by atoms with Crippen LogP contribution in [0.3, 0.4) is 0 Å². The fraction of sp³-hybridized carbons (Fsp3) is 0.846. The molecule has 2 atom stereocenters. The number of hydrogen-bond donors (Lipinski definition) is 2. The lowest BCUT2D eigenvalue weighted by Gasteiger charge is -2.21. The maximum Gasteiger partial charge on any atom is 0.326 e. The Morgan fingerprint density at radius 3 is 2.84 bits per heavy atom. The van der Waals surface area contributed by atoms with Crippen molar-refractivity contribution in [2.75, 3.05) is 25.1 Å². The van der Waals surface area contributed by atoms with E-state index in [0.29, 0.717) is 12.3 Å². The lowest BCUT2D eigenvalue weighted by molar-refractivity contribution is -0.139. The molecule has 19 heavy (non-hydrogen) atoms. The molecule has 1 saturated heterocycles. The molecule has 0 aromatic heterocycles. The van der Waals surface area contributed by atoms with E-state index in [1.165, 1.54) is 0 Å². The van der Waals surface area contributed by atoms with Crippen molar-refractivity contribution in [1.82, 2.24) is 10.2 Å². The van der Waals surface area contributed by atoms with Crippen LogP contribution in [0.2, 0.25) is 0 Å². The molecule has 110 valence electrons. The molecule has 0 aromatic carbocycles. The highest BCUT2D eigenvalue weighted by atomic mass is 32.2. The molecule has 1 rings (SSSR count). The number of rotatable bonds is 7. The van der Waals surface area contributed by atoms with Gasteiger partial charge in [-0.2, -0.15) is 11.8 Å². The van der Waals surface area contributed by atoms with Gasteiger partial charge < -0.3 is 15.3 Å².